The smallest absolute Gasteiger partial charge is 0.239 e. The molecule has 0 N–H and O–H groups in total. The highest BCUT2D eigenvalue weighted by atomic mass is 16.5. The second kappa shape index (κ2) is 33.6. The van der Waals surface area contributed by atoms with Crippen molar-refractivity contribution in [1.29, 1.82) is 0 Å². The van der Waals surface area contributed by atoms with E-state index in [0.29, 0.717) is 11.8 Å². The zero-order chi connectivity index (χ0) is 80.7. The zero-order valence-corrected chi connectivity index (χ0v) is 67.5. The van der Waals surface area contributed by atoms with Gasteiger partial charge in [0.05, 0.1) is 42.3 Å². The molecule has 578 valence electrons. The minimum absolute atomic E-state index is 0.336. The first-order chi connectivity index (χ1) is 56.2. The molecule has 116 heavy (non-hydrogen) atoms. The van der Waals surface area contributed by atoms with Crippen LogP contribution in [0.3, 0.4) is 0 Å². The van der Waals surface area contributed by atoms with Gasteiger partial charge >= 0.3 is 48.9 Å². The predicted molar refractivity (Wildman–Crippen MR) is 430 cm³/mol. The Bertz CT molecular complexity index is 6140. The summed E-state index contributed by atoms with van der Waals surface area (Å²) < 4.78 is 52.6. The first-order valence-corrected chi connectivity index (χ1v) is 38.2. The summed E-state index contributed by atoms with van der Waals surface area (Å²) in [4.78, 5) is 0. The Kier molecular flexibility index (Phi) is 22.2. The van der Waals surface area contributed by atoms with Crippen LogP contribution in [0.2, 0.25) is 0 Å². The quantitative estimate of drug-likeness (QED) is 0.0944. The van der Waals surface area contributed by atoms with E-state index in [1.165, 1.54) is 49.9 Å². The summed E-state index contributed by atoms with van der Waals surface area (Å²) >= 11 is 0. The average molecular weight is 1550 g/mol. The maximum atomic E-state index is 5.26. The number of aromatic nitrogens is 22. The Morgan fingerprint density at radius 3 is 1.09 bits per heavy atom. The largest absolute Gasteiger partial charge is 0.350 e. The summed E-state index contributed by atoms with van der Waals surface area (Å²) in [5.74, 6) is 3.81. The van der Waals surface area contributed by atoms with Gasteiger partial charge in [-0.05, 0) is 130 Å². The molecule has 0 spiro atoms. The third-order valence-corrected chi connectivity index (χ3v) is 20.1. The summed E-state index contributed by atoms with van der Waals surface area (Å²) in [5, 5.41) is 24.2. The molecule has 10 heterocycles. The lowest BCUT2D eigenvalue weighted by atomic mass is 9.82. The first kappa shape index (κ1) is 76.5. The topological polar surface area (TPSA) is 198 Å². The Morgan fingerprint density at radius 1 is 0.336 bits per heavy atom. The fourth-order valence-electron chi connectivity index (χ4n) is 14.2. The summed E-state index contributed by atoms with van der Waals surface area (Å²) in [7, 11) is 12.0. The van der Waals surface area contributed by atoms with Gasteiger partial charge in [0.15, 0.2) is 42.7 Å². The lowest BCUT2D eigenvalue weighted by Gasteiger charge is -2.22. The molecule has 10 aromatic heterocycles. The van der Waals surface area contributed by atoms with Gasteiger partial charge in [-0.25, -0.2) is 54.6 Å². The van der Waals surface area contributed by atoms with Gasteiger partial charge in [0.25, 0.3) is 12.7 Å². The summed E-state index contributed by atoms with van der Waals surface area (Å²) in [5.41, 5.74) is 23.0. The molecule has 0 amide bonds. The van der Waals surface area contributed by atoms with Crippen LogP contribution in [0, 0.1) is 27.7 Å². The van der Waals surface area contributed by atoms with Crippen LogP contribution in [-0.4, -0.2) is 58.5 Å². The van der Waals surface area contributed by atoms with Crippen LogP contribution in [0.25, 0.3) is 101 Å². The molecule has 19 aromatic rings. The summed E-state index contributed by atoms with van der Waals surface area (Å²) in [6.45, 7) is 16.7. The van der Waals surface area contributed by atoms with E-state index in [0.717, 1.165) is 85.7 Å². The standard InChI is InChI=1S/C30H32N4O2.C22H20N4.C14H16N4.C12H14N6.C12H12N4O2/c1-19(2)28-14-24(23-10-8-7-9-11-23)15-29(20(3)4)30(28)25-12-26(33-17-35-31-21(33)5)16-27(13-25)34-18-36-32-22(34)6;1-23-15-25(21-12-5-3-10-19(21)23)17-8-7-9-18(14-17)26-16-24(2)20-11-4-6-13-22(20)26;1-15-6-8-17(11-15)13-4-3-5-14(10-13)18-9-7-16(2)12-18;1-15-9-17(7-13-15)11-4-3-5-12(6-11)18-8-14-16(2)10-18;1-9-13-17-7-15(9)11-4-3-5-12(6-11)16-8-18-14-10(16)2/h7-20H,1-6H3;3-16H,1-2H3;3-12H,1-2H3;3-10H,1-2H3;3-8H,1-2H3/q5*+2. The van der Waals surface area contributed by atoms with Crippen LogP contribution in [0.4, 0.5) is 0 Å². The minimum atomic E-state index is 0.336. The van der Waals surface area contributed by atoms with Gasteiger partial charge in [-0.1, -0.05) is 119 Å². The molecule has 0 aliphatic heterocycles. The molecule has 0 bridgehead atoms. The van der Waals surface area contributed by atoms with Crippen LogP contribution >= 0.6 is 0 Å². The molecule has 26 heteroatoms. The maximum Gasteiger partial charge on any atom is 0.350 e. The second-order valence-electron chi connectivity index (χ2n) is 29.2. The van der Waals surface area contributed by atoms with Crippen LogP contribution in [-0.2, 0) is 42.3 Å². The van der Waals surface area contributed by atoms with Crippen molar-refractivity contribution in [2.24, 2.45) is 42.3 Å². The fraction of sp³-hybridized carbons (Fsp3) is 0.178. The number of benzene rings is 9. The average Bonchev–Trinajstić information content (AvgIpc) is 1.24. The number of aryl methyl sites for hydroxylation is 10. The van der Waals surface area contributed by atoms with E-state index in [-0.39, 0.29) is 0 Å². The third-order valence-electron chi connectivity index (χ3n) is 20.1. The number of nitrogens with zero attached hydrogens (tertiary/aromatic N) is 22. The van der Waals surface area contributed by atoms with E-state index in [1.54, 1.807) is 47.6 Å². The van der Waals surface area contributed by atoms with Gasteiger partial charge in [-0.15, -0.1) is 9.36 Å². The van der Waals surface area contributed by atoms with Gasteiger partial charge in [-0.3, -0.25) is 0 Å². The van der Waals surface area contributed by atoms with Crippen molar-refractivity contribution >= 4 is 22.1 Å². The van der Waals surface area contributed by atoms with E-state index in [9.17, 15) is 0 Å². The molecule has 0 aliphatic carbocycles. The Hall–Kier alpha value is -14.8. The van der Waals surface area contributed by atoms with Crippen molar-refractivity contribution in [1.82, 2.24) is 58.5 Å². The molecule has 19 rings (SSSR count). The number of fused-ring (bicyclic) bond motifs is 2. The highest BCUT2D eigenvalue weighted by Crippen LogP contribution is 2.41. The summed E-state index contributed by atoms with van der Waals surface area (Å²) in [6.07, 6.45) is 30.4. The molecule has 0 saturated heterocycles. The van der Waals surface area contributed by atoms with Gasteiger partial charge in [0, 0.05) is 68.2 Å². The van der Waals surface area contributed by atoms with E-state index >= 15 is 0 Å². The number of hydrogen-bond donors (Lipinski definition) is 0. The lowest BCUT2D eigenvalue weighted by molar-refractivity contribution is -0.670. The Labute approximate surface area is 671 Å². The molecule has 0 radical (unpaired) electrons. The van der Waals surface area contributed by atoms with Gasteiger partial charge < -0.3 is 0 Å². The van der Waals surface area contributed by atoms with Crippen molar-refractivity contribution in [2.45, 2.75) is 67.2 Å². The van der Waals surface area contributed by atoms with Crippen LogP contribution < -0.4 is 45.7 Å². The van der Waals surface area contributed by atoms with E-state index in [4.69, 9.17) is 18.1 Å². The number of hydrogen-bond acceptors (Lipinski definition) is 10. The number of para-hydroxylation sites is 4. The SMILES string of the molecule is C[n+]1ccn(-c2cccc(-n3cc[n+](C)c3)c2)c1.C[n+]1cn(-c2cccc(-n3c[n+](C)c4ccccc43)c2)c2ccccc21.Cc1noc[n+]1-c1cc(-c2c(C(C)C)cc(-c3ccccc3)cc2C(C)C)cc(-[n+]2conc2C)c1.Cc1noc[n+]1-c1cccc(-[n+]2conc2C)c1.Cn1c[n+](-c2cccc(-[n+]3cnn(C)c3)c2)cn1. The zero-order valence-electron chi connectivity index (χ0n) is 67.5. The summed E-state index contributed by atoms with van der Waals surface area (Å²) in [6, 6.07) is 72.0. The molecule has 0 saturated carbocycles. The van der Waals surface area contributed by atoms with E-state index in [1.807, 2.05) is 160 Å². The Morgan fingerprint density at radius 2 is 0.707 bits per heavy atom. The Balaban J connectivity index is 0.000000117. The van der Waals surface area contributed by atoms with Crippen LogP contribution in [0.5, 0.6) is 0 Å². The van der Waals surface area contributed by atoms with E-state index < -0.39 is 0 Å². The predicted octanol–water partition coefficient (Wildman–Crippen LogP) is 11.1. The fourth-order valence-corrected chi connectivity index (χ4v) is 14.2. The first-order valence-electron chi connectivity index (χ1n) is 38.2. The highest BCUT2D eigenvalue weighted by molar-refractivity contribution is 5.80. The minimum Gasteiger partial charge on any atom is -0.239 e. The highest BCUT2D eigenvalue weighted by Gasteiger charge is 2.27. The molecule has 0 fully saturated rings. The van der Waals surface area contributed by atoms with Gasteiger partial charge in [0.1, 0.15) is 81.7 Å². The van der Waals surface area contributed by atoms with Gasteiger partial charge in [0.2, 0.25) is 38.0 Å². The molecule has 9 aromatic carbocycles. The van der Waals surface area contributed by atoms with Crippen molar-refractivity contribution in [3.8, 4) is 79.1 Å². The third kappa shape index (κ3) is 16.7. The van der Waals surface area contributed by atoms with Crippen molar-refractivity contribution in [3.05, 3.63) is 342 Å². The second-order valence-corrected chi connectivity index (χ2v) is 29.2. The molecule has 0 atom stereocenters. The van der Waals surface area contributed by atoms with Crippen LogP contribution in [0.15, 0.2) is 325 Å². The van der Waals surface area contributed by atoms with Crippen molar-refractivity contribution in [2.75, 3.05) is 0 Å². The van der Waals surface area contributed by atoms with E-state index in [2.05, 4.69) is 302 Å². The number of rotatable bonds is 14. The monoisotopic (exact) mass is 1550 g/mol. The molecule has 0 aliphatic rings. The maximum absolute atomic E-state index is 5.26. The van der Waals surface area contributed by atoms with Crippen molar-refractivity contribution < 1.29 is 63.8 Å². The van der Waals surface area contributed by atoms with Crippen LogP contribution in [0.1, 0.15) is 74.0 Å². The molecular weight excluding hydrogens is 1450 g/mol. The van der Waals surface area contributed by atoms with Gasteiger partial charge in [-0.2, -0.15) is 27.4 Å². The normalized spacial score (nSPS) is 11.2. The molecule has 26 nitrogen and oxygen atoms in total. The molecule has 0 unspecified atom stereocenters. The number of imidazole rings is 4. The molecular formula is C90H94N22O4+10. The lowest BCUT2D eigenvalue weighted by Crippen LogP contribution is -2.35. The van der Waals surface area contributed by atoms with Crippen molar-refractivity contribution in [3.63, 3.8) is 0 Å².